The van der Waals surface area contributed by atoms with Gasteiger partial charge in [-0.1, -0.05) is 97.1 Å². The first-order chi connectivity index (χ1) is 15.7. The van der Waals surface area contributed by atoms with Crippen LogP contribution in [-0.2, 0) is 0 Å². The third-order valence-electron chi connectivity index (χ3n) is 5.15. The monoisotopic (exact) mass is 408 g/mol. The van der Waals surface area contributed by atoms with Gasteiger partial charge < -0.3 is 0 Å². The average molecular weight is 409 g/mol. The van der Waals surface area contributed by atoms with E-state index < -0.39 is 0 Å². The van der Waals surface area contributed by atoms with E-state index in [1.165, 1.54) is 0 Å². The van der Waals surface area contributed by atoms with Gasteiger partial charge in [-0.05, 0) is 57.6 Å². The molecule has 0 bridgehead atoms. The Labute approximate surface area is 188 Å². The summed E-state index contributed by atoms with van der Waals surface area (Å²) in [6, 6.07) is 36.3. The van der Waals surface area contributed by atoms with Crippen LogP contribution in [0.2, 0.25) is 0 Å². The number of benzene rings is 4. The quantitative estimate of drug-likeness (QED) is 0.322. The summed E-state index contributed by atoms with van der Waals surface area (Å²) >= 11 is 0. The summed E-state index contributed by atoms with van der Waals surface area (Å²) in [5.41, 5.74) is 7.97. The zero-order valence-corrected chi connectivity index (χ0v) is 17.4. The second kappa shape index (κ2) is 9.90. The van der Waals surface area contributed by atoms with Gasteiger partial charge in [0.1, 0.15) is 0 Å². The summed E-state index contributed by atoms with van der Waals surface area (Å²) < 4.78 is 0. The lowest BCUT2D eigenvalue weighted by molar-refractivity contribution is 1.48. The van der Waals surface area contributed by atoms with Crippen molar-refractivity contribution in [1.29, 1.82) is 10.5 Å². The van der Waals surface area contributed by atoms with E-state index >= 15 is 0 Å². The molecule has 0 unspecified atom stereocenters. The Hall–Kier alpha value is -4.66. The van der Waals surface area contributed by atoms with Gasteiger partial charge in [-0.2, -0.15) is 10.5 Å². The van der Waals surface area contributed by atoms with Crippen LogP contribution in [0.25, 0.3) is 35.4 Å². The summed E-state index contributed by atoms with van der Waals surface area (Å²) in [5, 5.41) is 17.9. The Bertz CT molecular complexity index is 1340. The molecule has 4 aromatic carbocycles. The van der Waals surface area contributed by atoms with Crippen molar-refractivity contribution < 1.29 is 0 Å². The number of hydrogen-bond acceptors (Lipinski definition) is 2. The molecule has 0 heterocycles. The molecule has 0 atom stereocenters. The molecule has 2 nitrogen and oxygen atoms in total. The standard InChI is InChI=1S/C30H20N2/c31-21-27-10-7-23(8-11-27)4-5-24-12-16-29(17-13-24)30-18-14-25(15-19-30)6-9-26-2-1-3-28(20-26)22-32/h1-20H. The number of nitrogens with zero attached hydrogens (tertiary/aromatic N) is 2. The largest absolute Gasteiger partial charge is 0.192 e. The molecule has 0 spiro atoms. The first-order valence-corrected chi connectivity index (χ1v) is 10.3. The molecule has 0 aliphatic heterocycles. The third kappa shape index (κ3) is 5.28. The van der Waals surface area contributed by atoms with Gasteiger partial charge in [0.2, 0.25) is 0 Å². The Morgan fingerprint density at radius 2 is 0.875 bits per heavy atom. The Balaban J connectivity index is 1.42. The highest BCUT2D eigenvalue weighted by Gasteiger charge is 1.98. The molecule has 0 radical (unpaired) electrons. The smallest absolute Gasteiger partial charge is 0.0991 e. The molecule has 150 valence electrons. The highest BCUT2D eigenvalue weighted by atomic mass is 14.2. The maximum atomic E-state index is 9.02. The first kappa shape index (κ1) is 20.6. The van der Waals surface area contributed by atoms with Gasteiger partial charge in [0, 0.05) is 0 Å². The van der Waals surface area contributed by atoms with Crippen molar-refractivity contribution in [2.24, 2.45) is 0 Å². The Morgan fingerprint density at radius 3 is 1.34 bits per heavy atom. The van der Waals surface area contributed by atoms with Crippen LogP contribution >= 0.6 is 0 Å². The van der Waals surface area contributed by atoms with Crippen molar-refractivity contribution >= 4 is 24.3 Å². The Kier molecular flexibility index (Phi) is 6.37. The fourth-order valence-electron chi connectivity index (χ4n) is 3.34. The highest BCUT2D eigenvalue weighted by molar-refractivity contribution is 5.74. The topological polar surface area (TPSA) is 47.6 Å². The lowest BCUT2D eigenvalue weighted by atomic mass is 10.0. The zero-order chi connectivity index (χ0) is 22.2. The molecular formula is C30H20N2. The van der Waals surface area contributed by atoms with Crippen molar-refractivity contribution in [2.75, 3.05) is 0 Å². The summed E-state index contributed by atoms with van der Waals surface area (Å²) in [6.45, 7) is 0. The fourth-order valence-corrected chi connectivity index (χ4v) is 3.34. The first-order valence-electron chi connectivity index (χ1n) is 10.3. The molecule has 0 N–H and O–H groups in total. The highest BCUT2D eigenvalue weighted by Crippen LogP contribution is 2.22. The number of rotatable bonds is 5. The minimum absolute atomic E-state index is 0.665. The maximum Gasteiger partial charge on any atom is 0.0991 e. The second-order valence-electron chi connectivity index (χ2n) is 7.38. The molecule has 0 aromatic heterocycles. The van der Waals surface area contributed by atoms with Gasteiger partial charge in [-0.25, -0.2) is 0 Å². The average Bonchev–Trinajstić information content (AvgIpc) is 2.87. The Morgan fingerprint density at radius 1 is 0.438 bits per heavy atom. The van der Waals surface area contributed by atoms with Crippen molar-refractivity contribution in [3.8, 4) is 23.3 Å². The van der Waals surface area contributed by atoms with Crippen LogP contribution in [0.1, 0.15) is 33.4 Å². The van der Waals surface area contributed by atoms with Crippen LogP contribution in [0, 0.1) is 22.7 Å². The molecule has 0 aliphatic carbocycles. The van der Waals surface area contributed by atoms with E-state index in [0.29, 0.717) is 11.1 Å². The normalized spacial score (nSPS) is 10.8. The van der Waals surface area contributed by atoms with E-state index in [2.05, 4.69) is 72.8 Å². The van der Waals surface area contributed by atoms with Crippen molar-refractivity contribution in [1.82, 2.24) is 0 Å². The summed E-state index contributed by atoms with van der Waals surface area (Å²) in [7, 11) is 0. The lowest BCUT2D eigenvalue weighted by Gasteiger charge is -2.04. The van der Waals surface area contributed by atoms with Crippen molar-refractivity contribution in [3.05, 3.63) is 130 Å². The second-order valence-corrected chi connectivity index (χ2v) is 7.38. The molecular weight excluding hydrogens is 388 g/mol. The fraction of sp³-hybridized carbons (Fsp3) is 0. The van der Waals surface area contributed by atoms with Crippen LogP contribution in [-0.4, -0.2) is 0 Å². The van der Waals surface area contributed by atoms with Gasteiger partial charge in [-0.15, -0.1) is 0 Å². The summed E-state index contributed by atoms with van der Waals surface area (Å²) in [5.74, 6) is 0. The molecule has 0 saturated carbocycles. The third-order valence-corrected chi connectivity index (χ3v) is 5.15. The van der Waals surface area contributed by atoms with Crippen LogP contribution in [0.4, 0.5) is 0 Å². The SMILES string of the molecule is N#Cc1ccc(C=Cc2ccc(-c3ccc(C=Cc4cccc(C#N)c4)cc3)cc2)cc1. The zero-order valence-electron chi connectivity index (χ0n) is 17.4. The predicted molar refractivity (Wildman–Crippen MR) is 132 cm³/mol. The van der Waals surface area contributed by atoms with Crippen molar-refractivity contribution in [3.63, 3.8) is 0 Å². The van der Waals surface area contributed by atoms with Crippen LogP contribution in [0.3, 0.4) is 0 Å². The molecule has 0 fully saturated rings. The lowest BCUT2D eigenvalue weighted by Crippen LogP contribution is -1.80. The van der Waals surface area contributed by atoms with E-state index in [0.717, 1.165) is 33.4 Å². The van der Waals surface area contributed by atoms with Crippen molar-refractivity contribution in [2.45, 2.75) is 0 Å². The molecule has 4 aromatic rings. The van der Waals surface area contributed by atoms with E-state index in [4.69, 9.17) is 10.5 Å². The van der Waals surface area contributed by atoms with Crippen LogP contribution in [0.15, 0.2) is 97.1 Å². The minimum atomic E-state index is 0.665. The summed E-state index contributed by atoms with van der Waals surface area (Å²) in [4.78, 5) is 0. The molecule has 32 heavy (non-hydrogen) atoms. The van der Waals surface area contributed by atoms with E-state index in [1.807, 2.05) is 54.6 Å². The maximum absolute atomic E-state index is 9.02. The predicted octanol–water partition coefficient (Wildman–Crippen LogP) is 7.44. The van der Waals surface area contributed by atoms with E-state index in [9.17, 15) is 0 Å². The van der Waals surface area contributed by atoms with Gasteiger partial charge in [0.15, 0.2) is 0 Å². The summed E-state index contributed by atoms with van der Waals surface area (Å²) in [6.07, 6.45) is 8.19. The molecule has 0 amide bonds. The van der Waals surface area contributed by atoms with Crippen LogP contribution < -0.4 is 0 Å². The van der Waals surface area contributed by atoms with Gasteiger partial charge >= 0.3 is 0 Å². The van der Waals surface area contributed by atoms with Crippen LogP contribution in [0.5, 0.6) is 0 Å². The number of nitriles is 2. The minimum Gasteiger partial charge on any atom is -0.192 e. The van der Waals surface area contributed by atoms with E-state index in [-0.39, 0.29) is 0 Å². The van der Waals surface area contributed by atoms with Gasteiger partial charge in [0.05, 0.1) is 23.3 Å². The molecule has 0 saturated heterocycles. The molecule has 2 heteroatoms. The van der Waals surface area contributed by atoms with Gasteiger partial charge in [0.25, 0.3) is 0 Å². The molecule has 0 aliphatic rings. The number of hydrogen-bond donors (Lipinski definition) is 0. The molecule has 4 rings (SSSR count). The van der Waals surface area contributed by atoms with Gasteiger partial charge in [-0.3, -0.25) is 0 Å². The van der Waals surface area contributed by atoms with E-state index in [1.54, 1.807) is 6.07 Å².